The standard InChI is InChI=1S/C13H26N2/c1-4-7-10-15(11-8-5-2)13(12-14)9-6-3/h13H,4-11H2,1-3H3. The van der Waals surface area contributed by atoms with Crippen molar-refractivity contribution >= 4 is 0 Å². The first kappa shape index (κ1) is 14.5. The Morgan fingerprint density at radius 3 is 1.87 bits per heavy atom. The zero-order chi connectivity index (χ0) is 11.5. The molecule has 0 heterocycles. The van der Waals surface area contributed by atoms with Gasteiger partial charge in [-0.05, 0) is 32.4 Å². The molecule has 1 atom stereocenters. The second kappa shape index (κ2) is 9.98. The maximum Gasteiger partial charge on any atom is 0.0977 e. The predicted octanol–water partition coefficient (Wildman–Crippen LogP) is 3.58. The lowest BCUT2D eigenvalue weighted by molar-refractivity contribution is 0.217. The van der Waals surface area contributed by atoms with Crippen molar-refractivity contribution in [2.45, 2.75) is 65.3 Å². The lowest BCUT2D eigenvalue weighted by Gasteiger charge is -2.26. The molecule has 0 N–H and O–H groups in total. The van der Waals surface area contributed by atoms with E-state index in [0.29, 0.717) is 0 Å². The van der Waals surface area contributed by atoms with Gasteiger partial charge in [0.2, 0.25) is 0 Å². The number of unbranched alkanes of at least 4 members (excludes halogenated alkanes) is 2. The van der Waals surface area contributed by atoms with Crippen LogP contribution in [0.1, 0.15) is 59.3 Å². The van der Waals surface area contributed by atoms with Gasteiger partial charge in [0.25, 0.3) is 0 Å². The molecule has 2 nitrogen and oxygen atoms in total. The maximum atomic E-state index is 9.13. The topological polar surface area (TPSA) is 27.0 Å². The lowest BCUT2D eigenvalue weighted by Crippen LogP contribution is -2.35. The third-order valence-electron chi connectivity index (χ3n) is 2.75. The van der Waals surface area contributed by atoms with Crippen molar-refractivity contribution in [3.8, 4) is 6.07 Å². The van der Waals surface area contributed by atoms with Gasteiger partial charge in [0.1, 0.15) is 0 Å². The van der Waals surface area contributed by atoms with Gasteiger partial charge >= 0.3 is 0 Å². The number of hydrogen-bond donors (Lipinski definition) is 0. The Bertz CT molecular complexity index is 164. The van der Waals surface area contributed by atoms with Crippen LogP contribution in [-0.4, -0.2) is 24.0 Å². The fourth-order valence-corrected chi connectivity index (χ4v) is 1.75. The highest BCUT2D eigenvalue weighted by molar-refractivity contribution is 4.91. The molecule has 0 saturated heterocycles. The number of nitrogens with zero attached hydrogens (tertiary/aromatic N) is 2. The van der Waals surface area contributed by atoms with Gasteiger partial charge in [-0.1, -0.05) is 40.0 Å². The van der Waals surface area contributed by atoms with Crippen LogP contribution in [0.3, 0.4) is 0 Å². The molecule has 0 fully saturated rings. The molecule has 88 valence electrons. The molecule has 0 aromatic carbocycles. The van der Waals surface area contributed by atoms with Gasteiger partial charge in [0, 0.05) is 0 Å². The van der Waals surface area contributed by atoms with E-state index in [9.17, 15) is 0 Å². The zero-order valence-corrected chi connectivity index (χ0v) is 10.6. The smallest absolute Gasteiger partial charge is 0.0977 e. The lowest BCUT2D eigenvalue weighted by atomic mass is 10.1. The van der Waals surface area contributed by atoms with Crippen LogP contribution in [0.4, 0.5) is 0 Å². The summed E-state index contributed by atoms with van der Waals surface area (Å²) in [7, 11) is 0. The average molecular weight is 210 g/mol. The summed E-state index contributed by atoms with van der Waals surface area (Å²) in [5.41, 5.74) is 0. The van der Waals surface area contributed by atoms with Crippen LogP contribution in [0.2, 0.25) is 0 Å². The minimum absolute atomic E-state index is 0.146. The van der Waals surface area contributed by atoms with Crippen molar-refractivity contribution < 1.29 is 0 Å². The van der Waals surface area contributed by atoms with Crippen molar-refractivity contribution in [1.29, 1.82) is 5.26 Å². The zero-order valence-electron chi connectivity index (χ0n) is 10.6. The van der Waals surface area contributed by atoms with Gasteiger partial charge in [0.15, 0.2) is 0 Å². The second-order valence-corrected chi connectivity index (χ2v) is 4.18. The van der Waals surface area contributed by atoms with Crippen molar-refractivity contribution in [1.82, 2.24) is 4.90 Å². The van der Waals surface area contributed by atoms with E-state index in [1.54, 1.807) is 0 Å². The molecule has 0 aliphatic rings. The predicted molar refractivity (Wildman–Crippen MR) is 65.7 cm³/mol. The van der Waals surface area contributed by atoms with E-state index in [1.807, 2.05) is 0 Å². The molecule has 0 radical (unpaired) electrons. The fourth-order valence-electron chi connectivity index (χ4n) is 1.75. The number of rotatable bonds is 9. The summed E-state index contributed by atoms with van der Waals surface area (Å²) in [5.74, 6) is 0. The van der Waals surface area contributed by atoms with Gasteiger partial charge in [-0.2, -0.15) is 5.26 Å². The average Bonchev–Trinajstić information content (AvgIpc) is 2.27. The van der Waals surface area contributed by atoms with E-state index in [0.717, 1.165) is 25.9 Å². The third kappa shape index (κ3) is 6.52. The number of nitriles is 1. The van der Waals surface area contributed by atoms with Crippen LogP contribution in [0.5, 0.6) is 0 Å². The third-order valence-corrected chi connectivity index (χ3v) is 2.75. The molecule has 1 unspecified atom stereocenters. The fraction of sp³-hybridized carbons (Fsp3) is 0.923. The van der Waals surface area contributed by atoms with Crippen molar-refractivity contribution in [3.63, 3.8) is 0 Å². The molecule has 0 aliphatic carbocycles. The van der Waals surface area contributed by atoms with Crippen molar-refractivity contribution in [2.75, 3.05) is 13.1 Å². The molecular formula is C13H26N2. The molecule has 2 heteroatoms. The van der Waals surface area contributed by atoms with Crippen LogP contribution in [0.25, 0.3) is 0 Å². The summed E-state index contributed by atoms with van der Waals surface area (Å²) in [5, 5.41) is 9.13. The highest BCUT2D eigenvalue weighted by Gasteiger charge is 2.15. The first-order chi connectivity index (χ1) is 7.29. The highest BCUT2D eigenvalue weighted by Crippen LogP contribution is 2.09. The Balaban J connectivity index is 4.10. The van der Waals surface area contributed by atoms with Gasteiger partial charge in [-0.15, -0.1) is 0 Å². The minimum atomic E-state index is 0.146. The molecule has 0 rings (SSSR count). The Labute approximate surface area is 95.3 Å². The van der Waals surface area contributed by atoms with Crippen molar-refractivity contribution in [3.05, 3.63) is 0 Å². The normalized spacial score (nSPS) is 12.7. The largest absolute Gasteiger partial charge is 0.288 e. The second-order valence-electron chi connectivity index (χ2n) is 4.18. The molecule has 0 bridgehead atoms. The molecule has 0 aliphatic heterocycles. The molecule has 0 saturated carbocycles. The SMILES string of the molecule is CCCCN(CCCC)C(C#N)CCC. The van der Waals surface area contributed by atoms with E-state index in [2.05, 4.69) is 31.7 Å². The molecule has 0 amide bonds. The summed E-state index contributed by atoms with van der Waals surface area (Å²) < 4.78 is 0. The Morgan fingerprint density at radius 1 is 1.00 bits per heavy atom. The summed E-state index contributed by atoms with van der Waals surface area (Å²) in [6, 6.07) is 2.59. The van der Waals surface area contributed by atoms with Gasteiger partial charge in [-0.25, -0.2) is 0 Å². The molecule has 0 aromatic rings. The molecule has 0 aromatic heterocycles. The van der Waals surface area contributed by atoms with E-state index in [1.165, 1.54) is 25.7 Å². The number of hydrogen-bond acceptors (Lipinski definition) is 2. The van der Waals surface area contributed by atoms with Crippen LogP contribution in [0.15, 0.2) is 0 Å². The van der Waals surface area contributed by atoms with Crippen molar-refractivity contribution in [2.24, 2.45) is 0 Å². The van der Waals surface area contributed by atoms with Gasteiger partial charge in [-0.3, -0.25) is 4.90 Å². The van der Waals surface area contributed by atoms with E-state index < -0.39 is 0 Å². The highest BCUT2D eigenvalue weighted by atomic mass is 15.1. The minimum Gasteiger partial charge on any atom is -0.288 e. The summed E-state index contributed by atoms with van der Waals surface area (Å²) in [6.07, 6.45) is 6.98. The summed E-state index contributed by atoms with van der Waals surface area (Å²) in [6.45, 7) is 8.75. The van der Waals surface area contributed by atoms with Gasteiger partial charge < -0.3 is 0 Å². The van der Waals surface area contributed by atoms with Gasteiger partial charge in [0.05, 0.1) is 12.1 Å². The van der Waals surface area contributed by atoms with Crippen LogP contribution in [0, 0.1) is 11.3 Å². The quantitative estimate of drug-likeness (QED) is 0.581. The Kier molecular flexibility index (Phi) is 9.62. The summed E-state index contributed by atoms with van der Waals surface area (Å²) in [4.78, 5) is 2.37. The molecular weight excluding hydrogens is 184 g/mol. The van der Waals surface area contributed by atoms with E-state index >= 15 is 0 Å². The molecule has 15 heavy (non-hydrogen) atoms. The monoisotopic (exact) mass is 210 g/mol. The molecule has 0 spiro atoms. The maximum absolute atomic E-state index is 9.13. The van der Waals surface area contributed by atoms with Crippen LogP contribution >= 0.6 is 0 Å². The summed E-state index contributed by atoms with van der Waals surface area (Å²) >= 11 is 0. The van der Waals surface area contributed by atoms with E-state index in [4.69, 9.17) is 5.26 Å². The van der Waals surface area contributed by atoms with Crippen LogP contribution < -0.4 is 0 Å². The van der Waals surface area contributed by atoms with E-state index in [-0.39, 0.29) is 6.04 Å². The first-order valence-electron chi connectivity index (χ1n) is 6.43. The Hall–Kier alpha value is -0.550. The Morgan fingerprint density at radius 2 is 1.53 bits per heavy atom. The first-order valence-corrected chi connectivity index (χ1v) is 6.43. The van der Waals surface area contributed by atoms with Crippen LogP contribution in [-0.2, 0) is 0 Å².